The second-order valence-corrected chi connectivity index (χ2v) is 8.30. The Kier molecular flexibility index (Phi) is 5.65. The number of thiophene rings is 1. The molecule has 0 aliphatic heterocycles. The molecule has 20 heavy (non-hydrogen) atoms. The van der Waals surface area contributed by atoms with Crippen molar-refractivity contribution in [3.8, 4) is 0 Å². The van der Waals surface area contributed by atoms with Crippen LogP contribution in [0.15, 0.2) is 17.5 Å². The maximum absolute atomic E-state index is 3.89. The maximum Gasteiger partial charge on any atom is 0.0443 e. The lowest BCUT2D eigenvalue weighted by Crippen LogP contribution is -2.40. The van der Waals surface area contributed by atoms with E-state index < -0.39 is 0 Å². The van der Waals surface area contributed by atoms with Crippen molar-refractivity contribution < 1.29 is 0 Å². The zero-order chi connectivity index (χ0) is 14.6. The fourth-order valence-electron chi connectivity index (χ4n) is 3.56. The van der Waals surface area contributed by atoms with E-state index in [1.807, 2.05) is 11.3 Å². The van der Waals surface area contributed by atoms with Crippen LogP contribution in [0.2, 0.25) is 0 Å². The molecule has 1 N–H and O–H groups in total. The number of nitrogens with one attached hydrogen (secondary N) is 1. The van der Waals surface area contributed by atoms with E-state index in [0.29, 0.717) is 11.5 Å². The molecule has 1 fully saturated rings. The van der Waals surface area contributed by atoms with Crippen LogP contribution in [0.3, 0.4) is 0 Å². The van der Waals surface area contributed by atoms with Gasteiger partial charge in [-0.3, -0.25) is 0 Å². The Morgan fingerprint density at radius 1 is 1.35 bits per heavy atom. The maximum atomic E-state index is 3.89. The fourth-order valence-corrected chi connectivity index (χ4v) is 4.45. The van der Waals surface area contributed by atoms with E-state index in [4.69, 9.17) is 0 Å². The van der Waals surface area contributed by atoms with E-state index in [0.717, 1.165) is 19.0 Å². The van der Waals surface area contributed by atoms with E-state index in [1.165, 1.54) is 30.6 Å². The molecule has 1 atom stereocenters. The van der Waals surface area contributed by atoms with Gasteiger partial charge in [-0.25, -0.2) is 0 Å². The van der Waals surface area contributed by atoms with E-state index >= 15 is 0 Å². The molecule has 0 bridgehead atoms. The highest BCUT2D eigenvalue weighted by Crippen LogP contribution is 2.37. The standard InChI is InChI=1S/C17H30N2S/c1-17(2,13-19(3)4)12-18-16(14-8-5-6-9-14)15-10-7-11-20-15/h7,10-11,14,16,18H,5-6,8-9,12-13H2,1-4H3. The van der Waals surface area contributed by atoms with E-state index in [2.05, 4.69) is 55.7 Å². The number of nitrogens with zero attached hydrogens (tertiary/aromatic N) is 1. The number of hydrogen-bond donors (Lipinski definition) is 1. The monoisotopic (exact) mass is 294 g/mol. The summed E-state index contributed by atoms with van der Waals surface area (Å²) < 4.78 is 0. The van der Waals surface area contributed by atoms with Gasteiger partial charge in [-0.2, -0.15) is 0 Å². The molecule has 0 saturated heterocycles. The van der Waals surface area contributed by atoms with E-state index in [1.54, 1.807) is 0 Å². The summed E-state index contributed by atoms with van der Waals surface area (Å²) >= 11 is 1.91. The van der Waals surface area contributed by atoms with Crippen molar-refractivity contribution in [2.45, 2.75) is 45.6 Å². The van der Waals surface area contributed by atoms with Crippen molar-refractivity contribution in [3.63, 3.8) is 0 Å². The van der Waals surface area contributed by atoms with Gasteiger partial charge in [0.1, 0.15) is 0 Å². The molecule has 0 spiro atoms. The molecule has 0 aromatic carbocycles. The Morgan fingerprint density at radius 3 is 2.60 bits per heavy atom. The van der Waals surface area contributed by atoms with Gasteiger partial charge in [-0.05, 0) is 49.7 Å². The van der Waals surface area contributed by atoms with Gasteiger partial charge < -0.3 is 10.2 Å². The Hall–Kier alpha value is -0.380. The van der Waals surface area contributed by atoms with Crippen molar-refractivity contribution in [1.29, 1.82) is 0 Å². The average molecular weight is 295 g/mol. The van der Waals surface area contributed by atoms with Crippen molar-refractivity contribution in [2.24, 2.45) is 11.3 Å². The summed E-state index contributed by atoms with van der Waals surface area (Å²) in [7, 11) is 4.32. The molecule has 114 valence electrons. The van der Waals surface area contributed by atoms with Gasteiger partial charge in [0, 0.05) is 24.0 Å². The second-order valence-electron chi connectivity index (χ2n) is 7.32. The van der Waals surface area contributed by atoms with Crippen LogP contribution in [0.4, 0.5) is 0 Å². The van der Waals surface area contributed by atoms with Gasteiger partial charge in [0.15, 0.2) is 0 Å². The minimum absolute atomic E-state index is 0.317. The van der Waals surface area contributed by atoms with Gasteiger partial charge in [-0.1, -0.05) is 32.8 Å². The van der Waals surface area contributed by atoms with Crippen LogP contribution in [0.25, 0.3) is 0 Å². The normalized spacial score (nSPS) is 18.9. The van der Waals surface area contributed by atoms with E-state index in [9.17, 15) is 0 Å². The highest BCUT2D eigenvalue weighted by Gasteiger charge is 2.29. The SMILES string of the molecule is CN(C)CC(C)(C)CNC(c1cccs1)C1CCCC1. The average Bonchev–Trinajstić information content (AvgIpc) is 2.98. The third-order valence-corrected chi connectivity index (χ3v) is 5.22. The summed E-state index contributed by atoms with van der Waals surface area (Å²) in [5.41, 5.74) is 0.317. The highest BCUT2D eigenvalue weighted by molar-refractivity contribution is 7.10. The van der Waals surface area contributed by atoms with Gasteiger partial charge in [-0.15, -0.1) is 11.3 Å². The van der Waals surface area contributed by atoms with Crippen LogP contribution < -0.4 is 5.32 Å². The second kappa shape index (κ2) is 7.06. The molecule has 1 heterocycles. The van der Waals surface area contributed by atoms with Crippen molar-refractivity contribution in [1.82, 2.24) is 10.2 Å². The predicted octanol–water partition coefficient (Wildman–Crippen LogP) is 4.16. The van der Waals surface area contributed by atoms with Crippen LogP contribution >= 0.6 is 11.3 Å². The van der Waals surface area contributed by atoms with Crippen LogP contribution in [-0.4, -0.2) is 32.1 Å². The van der Waals surface area contributed by atoms with Crippen molar-refractivity contribution in [2.75, 3.05) is 27.2 Å². The highest BCUT2D eigenvalue weighted by atomic mass is 32.1. The first-order valence-electron chi connectivity index (χ1n) is 7.89. The molecular weight excluding hydrogens is 264 g/mol. The van der Waals surface area contributed by atoms with Crippen LogP contribution in [0, 0.1) is 11.3 Å². The number of hydrogen-bond acceptors (Lipinski definition) is 3. The Balaban J connectivity index is 1.98. The topological polar surface area (TPSA) is 15.3 Å². The first kappa shape index (κ1) is 16.0. The summed E-state index contributed by atoms with van der Waals surface area (Å²) in [4.78, 5) is 3.81. The zero-order valence-electron chi connectivity index (χ0n) is 13.5. The molecule has 3 heteroatoms. The molecule has 1 saturated carbocycles. The van der Waals surface area contributed by atoms with Crippen molar-refractivity contribution in [3.05, 3.63) is 22.4 Å². The largest absolute Gasteiger partial charge is 0.309 e. The molecule has 1 unspecified atom stereocenters. The molecule has 2 nitrogen and oxygen atoms in total. The third-order valence-electron chi connectivity index (χ3n) is 4.27. The van der Waals surface area contributed by atoms with Gasteiger partial charge in [0.25, 0.3) is 0 Å². The van der Waals surface area contributed by atoms with Crippen LogP contribution in [0.5, 0.6) is 0 Å². The van der Waals surface area contributed by atoms with Crippen LogP contribution in [0.1, 0.15) is 50.4 Å². The zero-order valence-corrected chi connectivity index (χ0v) is 14.3. The number of rotatable bonds is 7. The lowest BCUT2D eigenvalue weighted by atomic mass is 9.90. The first-order valence-corrected chi connectivity index (χ1v) is 8.77. The molecule has 1 aliphatic carbocycles. The van der Waals surface area contributed by atoms with Gasteiger partial charge in [0.05, 0.1) is 0 Å². The summed E-state index contributed by atoms with van der Waals surface area (Å²) in [6.45, 7) is 6.94. The lowest BCUT2D eigenvalue weighted by Gasteiger charge is -2.32. The summed E-state index contributed by atoms with van der Waals surface area (Å²) in [5.74, 6) is 0.837. The Bertz CT molecular complexity index is 378. The third kappa shape index (κ3) is 4.57. The molecule has 2 rings (SSSR count). The first-order chi connectivity index (χ1) is 9.48. The van der Waals surface area contributed by atoms with Gasteiger partial charge in [0.2, 0.25) is 0 Å². The summed E-state index contributed by atoms with van der Waals surface area (Å²) in [6.07, 6.45) is 5.61. The van der Waals surface area contributed by atoms with Gasteiger partial charge >= 0.3 is 0 Å². The van der Waals surface area contributed by atoms with E-state index in [-0.39, 0.29) is 0 Å². The fraction of sp³-hybridized carbons (Fsp3) is 0.765. The van der Waals surface area contributed by atoms with Crippen LogP contribution in [-0.2, 0) is 0 Å². The lowest BCUT2D eigenvalue weighted by molar-refractivity contribution is 0.215. The molecule has 0 radical (unpaired) electrons. The molecule has 0 amide bonds. The predicted molar refractivity (Wildman–Crippen MR) is 89.4 cm³/mol. The molecule has 1 aromatic rings. The Labute approximate surface area is 128 Å². The molecular formula is C17H30N2S. The smallest absolute Gasteiger partial charge is 0.0443 e. The minimum atomic E-state index is 0.317. The quantitative estimate of drug-likeness (QED) is 0.812. The molecule has 1 aromatic heterocycles. The summed E-state index contributed by atoms with van der Waals surface area (Å²) in [6, 6.07) is 5.06. The Morgan fingerprint density at radius 2 is 2.05 bits per heavy atom. The molecule has 1 aliphatic rings. The summed E-state index contributed by atoms with van der Waals surface area (Å²) in [5, 5.41) is 6.11. The minimum Gasteiger partial charge on any atom is -0.309 e. The van der Waals surface area contributed by atoms with Crippen molar-refractivity contribution >= 4 is 11.3 Å².